The molecule has 0 fully saturated rings. The second-order valence-corrected chi connectivity index (χ2v) is 4.37. The number of fused-ring (bicyclic) bond motifs is 1. The van der Waals surface area contributed by atoms with E-state index in [2.05, 4.69) is 34.1 Å². The molecule has 0 bridgehead atoms. The van der Waals surface area contributed by atoms with Gasteiger partial charge in [0.2, 0.25) is 11.9 Å². The Balaban J connectivity index is 2.35. The minimum atomic E-state index is -0.295. The van der Waals surface area contributed by atoms with Gasteiger partial charge in [0.15, 0.2) is 11.5 Å². The van der Waals surface area contributed by atoms with Gasteiger partial charge in [-0.05, 0) is 6.42 Å². The lowest BCUT2D eigenvalue weighted by molar-refractivity contribution is -0.114. The first-order chi connectivity index (χ1) is 9.02. The molecule has 1 aromatic heterocycles. The smallest absolute Gasteiger partial charge is 0.278 e. The van der Waals surface area contributed by atoms with E-state index in [-0.39, 0.29) is 17.4 Å². The molecule has 102 valence electrons. The summed E-state index contributed by atoms with van der Waals surface area (Å²) in [6, 6.07) is 0. The first kappa shape index (κ1) is 13.1. The van der Waals surface area contributed by atoms with Gasteiger partial charge in [-0.2, -0.15) is 4.98 Å². The van der Waals surface area contributed by atoms with Crippen molar-refractivity contribution in [1.82, 2.24) is 9.97 Å². The second kappa shape index (κ2) is 5.13. The monoisotopic (exact) mass is 263 g/mol. The third-order valence-corrected chi connectivity index (χ3v) is 2.78. The molecule has 0 unspecified atom stereocenters. The van der Waals surface area contributed by atoms with Crippen LogP contribution in [-0.2, 0) is 4.79 Å². The molecule has 7 nitrogen and oxygen atoms in total. The van der Waals surface area contributed by atoms with Crippen LogP contribution < -0.4 is 21.1 Å². The third kappa shape index (κ3) is 2.59. The van der Waals surface area contributed by atoms with Crippen molar-refractivity contribution in [3.8, 4) is 0 Å². The molecule has 7 heteroatoms. The quantitative estimate of drug-likeness (QED) is 0.760. The summed E-state index contributed by atoms with van der Waals surface area (Å²) < 4.78 is 0. The van der Waals surface area contributed by atoms with Gasteiger partial charge in [-0.15, -0.1) is 0 Å². The first-order valence-corrected chi connectivity index (χ1v) is 6.18. The van der Waals surface area contributed by atoms with Gasteiger partial charge in [-0.1, -0.05) is 19.9 Å². The number of carbonyl (C=O) groups is 1. The number of nitrogens with one attached hydrogen (secondary N) is 3. The first-order valence-electron chi connectivity index (χ1n) is 6.18. The van der Waals surface area contributed by atoms with Crippen LogP contribution in [0.5, 0.6) is 0 Å². The van der Waals surface area contributed by atoms with Gasteiger partial charge in [0.05, 0.1) is 0 Å². The van der Waals surface area contributed by atoms with Gasteiger partial charge in [-0.25, -0.2) is 0 Å². The number of hydrogen-bond donors (Lipinski definition) is 3. The largest absolute Gasteiger partial charge is 0.325 e. The number of nitrogens with zero attached hydrogens (tertiary/aromatic N) is 2. The summed E-state index contributed by atoms with van der Waals surface area (Å²) in [7, 11) is 0. The average Bonchev–Trinajstić information content (AvgIpc) is 2.62. The van der Waals surface area contributed by atoms with E-state index in [1.54, 1.807) is 0 Å². The Kier molecular flexibility index (Phi) is 3.55. The summed E-state index contributed by atoms with van der Waals surface area (Å²) in [5.74, 6) is 0.895. The molecule has 3 N–H and O–H groups in total. The van der Waals surface area contributed by atoms with E-state index in [9.17, 15) is 9.59 Å². The van der Waals surface area contributed by atoms with Crippen molar-refractivity contribution in [2.45, 2.75) is 26.7 Å². The Hall–Kier alpha value is -2.31. The normalized spacial score (nSPS) is 13.2. The maximum Gasteiger partial charge on any atom is 0.278 e. The average molecular weight is 263 g/mol. The fraction of sp³-hybridized carbons (Fsp3) is 0.417. The van der Waals surface area contributed by atoms with Crippen molar-refractivity contribution in [1.29, 1.82) is 0 Å². The molecule has 2 rings (SSSR count). The number of rotatable bonds is 4. The SMILES string of the molecule is C=C1Nc2nc(NC(C)=O)[nH]c(=O)c2N1CCCC. The maximum absolute atomic E-state index is 12.1. The molecule has 0 saturated carbocycles. The molecule has 1 aliphatic rings. The van der Waals surface area contributed by atoms with Gasteiger partial charge in [0.1, 0.15) is 5.82 Å². The molecule has 1 amide bonds. The van der Waals surface area contributed by atoms with Crippen molar-refractivity contribution >= 4 is 23.4 Å². The molecule has 1 aliphatic heterocycles. The van der Waals surface area contributed by atoms with Crippen LogP contribution in [0.25, 0.3) is 0 Å². The number of H-pyrrole nitrogens is 1. The van der Waals surface area contributed by atoms with E-state index in [0.29, 0.717) is 23.9 Å². The van der Waals surface area contributed by atoms with Gasteiger partial charge < -0.3 is 10.2 Å². The zero-order valence-corrected chi connectivity index (χ0v) is 11.0. The number of aromatic amines is 1. The number of anilines is 3. The highest BCUT2D eigenvalue weighted by atomic mass is 16.2. The molecule has 1 aromatic rings. The zero-order chi connectivity index (χ0) is 14.0. The molecule has 0 atom stereocenters. The Morgan fingerprint density at radius 2 is 2.26 bits per heavy atom. The highest BCUT2D eigenvalue weighted by Gasteiger charge is 2.27. The molecular weight excluding hydrogens is 246 g/mol. The topological polar surface area (TPSA) is 90.1 Å². The summed E-state index contributed by atoms with van der Waals surface area (Å²) in [5.41, 5.74) is 0.156. The van der Waals surface area contributed by atoms with Crippen LogP contribution in [-0.4, -0.2) is 22.4 Å². The molecule has 0 radical (unpaired) electrons. The van der Waals surface area contributed by atoms with E-state index in [1.807, 2.05) is 4.90 Å². The van der Waals surface area contributed by atoms with Crippen LogP contribution in [0.15, 0.2) is 17.2 Å². The molecular formula is C12H17N5O2. The van der Waals surface area contributed by atoms with E-state index >= 15 is 0 Å². The van der Waals surface area contributed by atoms with Crippen molar-refractivity contribution in [3.05, 3.63) is 22.8 Å². The van der Waals surface area contributed by atoms with E-state index in [4.69, 9.17) is 0 Å². The Morgan fingerprint density at radius 1 is 1.53 bits per heavy atom. The van der Waals surface area contributed by atoms with Crippen molar-refractivity contribution in [2.75, 3.05) is 22.1 Å². The van der Waals surface area contributed by atoms with E-state index in [1.165, 1.54) is 6.92 Å². The predicted molar refractivity (Wildman–Crippen MR) is 74.2 cm³/mol. The summed E-state index contributed by atoms with van der Waals surface area (Å²) in [4.78, 5) is 31.6. The highest BCUT2D eigenvalue weighted by Crippen LogP contribution is 2.31. The standard InChI is InChI=1S/C12H17N5O2/c1-4-5-6-17-7(2)13-10-9(17)11(19)16-12(15-10)14-8(3)18/h2,4-6H2,1,3H3,(H3,13,14,15,16,18,19). The molecule has 19 heavy (non-hydrogen) atoms. The minimum absolute atomic E-state index is 0.133. The summed E-state index contributed by atoms with van der Waals surface area (Å²) in [6.07, 6.45) is 1.97. The van der Waals surface area contributed by atoms with Gasteiger partial charge in [0.25, 0.3) is 5.56 Å². The summed E-state index contributed by atoms with van der Waals surface area (Å²) in [6.45, 7) is 8.01. The number of unbranched alkanes of at least 4 members (excludes halogenated alkanes) is 1. The van der Waals surface area contributed by atoms with Crippen LogP contribution in [0.4, 0.5) is 17.5 Å². The molecule has 0 aliphatic carbocycles. The summed E-state index contributed by atoms with van der Waals surface area (Å²) >= 11 is 0. The molecule has 2 heterocycles. The number of carbonyl (C=O) groups excluding carboxylic acids is 1. The van der Waals surface area contributed by atoms with E-state index in [0.717, 1.165) is 12.8 Å². The van der Waals surface area contributed by atoms with Crippen molar-refractivity contribution in [2.24, 2.45) is 0 Å². The van der Waals surface area contributed by atoms with Crippen LogP contribution in [0.3, 0.4) is 0 Å². The Morgan fingerprint density at radius 3 is 2.89 bits per heavy atom. The fourth-order valence-corrected chi connectivity index (χ4v) is 1.93. The van der Waals surface area contributed by atoms with Gasteiger partial charge in [-0.3, -0.25) is 19.9 Å². The lowest BCUT2D eigenvalue weighted by Crippen LogP contribution is -2.26. The van der Waals surface area contributed by atoms with Gasteiger partial charge >= 0.3 is 0 Å². The van der Waals surface area contributed by atoms with Crippen molar-refractivity contribution in [3.63, 3.8) is 0 Å². The summed E-state index contributed by atoms with van der Waals surface area (Å²) in [5, 5.41) is 5.41. The zero-order valence-electron chi connectivity index (χ0n) is 11.0. The predicted octanol–water partition coefficient (Wildman–Crippen LogP) is 1.23. The maximum atomic E-state index is 12.1. The van der Waals surface area contributed by atoms with Gasteiger partial charge in [0, 0.05) is 13.5 Å². The van der Waals surface area contributed by atoms with E-state index < -0.39 is 0 Å². The molecule has 0 spiro atoms. The number of hydrogen-bond acceptors (Lipinski definition) is 5. The third-order valence-electron chi connectivity index (χ3n) is 2.78. The minimum Gasteiger partial charge on any atom is -0.325 e. The fourth-order valence-electron chi connectivity index (χ4n) is 1.93. The lowest BCUT2D eigenvalue weighted by Gasteiger charge is -2.17. The number of amides is 1. The molecule has 0 saturated heterocycles. The lowest BCUT2D eigenvalue weighted by atomic mass is 10.3. The van der Waals surface area contributed by atoms with Crippen molar-refractivity contribution < 1.29 is 4.79 Å². The highest BCUT2D eigenvalue weighted by molar-refractivity contribution is 5.87. The Bertz CT molecular complexity index is 578. The van der Waals surface area contributed by atoms with Crippen LogP contribution >= 0.6 is 0 Å². The number of aromatic nitrogens is 2. The molecule has 0 aromatic carbocycles. The Labute approximate surface area is 110 Å². The second-order valence-electron chi connectivity index (χ2n) is 4.37. The van der Waals surface area contributed by atoms with Crippen LogP contribution in [0, 0.1) is 0 Å². The van der Waals surface area contributed by atoms with Crippen LogP contribution in [0.1, 0.15) is 26.7 Å². The van der Waals surface area contributed by atoms with Crippen LogP contribution in [0.2, 0.25) is 0 Å².